The summed E-state index contributed by atoms with van der Waals surface area (Å²) in [6, 6.07) is 14.2. The Morgan fingerprint density at radius 2 is 1.84 bits per heavy atom. The number of amides is 1. The Hall–Kier alpha value is -3.08. The molecule has 0 saturated carbocycles. The fourth-order valence-electron chi connectivity index (χ4n) is 2.65. The number of rotatable bonds is 4. The number of hydrogen-bond acceptors (Lipinski definition) is 4. The highest BCUT2D eigenvalue weighted by atomic mass is 16.5. The first kappa shape index (κ1) is 16.8. The normalized spacial score (nSPS) is 12.0. The van der Waals surface area contributed by atoms with Gasteiger partial charge in [-0.05, 0) is 49.7 Å². The third-order valence-electron chi connectivity index (χ3n) is 4.10. The zero-order valence-corrected chi connectivity index (χ0v) is 14.3. The Balaban J connectivity index is 1.85. The molecular formula is C20H19NO4. The van der Waals surface area contributed by atoms with Gasteiger partial charge in [0.05, 0.1) is 13.2 Å². The summed E-state index contributed by atoms with van der Waals surface area (Å²) in [5, 5.41) is 3.55. The van der Waals surface area contributed by atoms with Crippen LogP contribution >= 0.6 is 0 Å². The van der Waals surface area contributed by atoms with E-state index >= 15 is 0 Å². The molecule has 1 atom stereocenters. The molecule has 1 amide bonds. The van der Waals surface area contributed by atoms with Gasteiger partial charge in [0, 0.05) is 5.39 Å². The van der Waals surface area contributed by atoms with Crippen LogP contribution in [0.4, 0.5) is 0 Å². The molecule has 0 unspecified atom stereocenters. The van der Waals surface area contributed by atoms with Crippen molar-refractivity contribution in [3.05, 3.63) is 75.6 Å². The van der Waals surface area contributed by atoms with Gasteiger partial charge in [0.2, 0.25) is 0 Å². The van der Waals surface area contributed by atoms with Crippen molar-refractivity contribution in [3.63, 3.8) is 0 Å². The number of carbonyl (C=O) groups excluding carboxylic acids is 1. The average Bonchev–Trinajstić information content (AvgIpc) is 2.61. The average molecular weight is 337 g/mol. The van der Waals surface area contributed by atoms with E-state index in [1.165, 1.54) is 0 Å². The van der Waals surface area contributed by atoms with Crippen molar-refractivity contribution in [1.82, 2.24) is 5.32 Å². The predicted molar refractivity (Wildman–Crippen MR) is 96.1 cm³/mol. The SMILES string of the molecule is COc1ccc([C@H](C)NC(=O)c2cc3cc(C)ccc3oc2=O)cc1. The van der Waals surface area contributed by atoms with Crippen LogP contribution in [0.2, 0.25) is 0 Å². The highest BCUT2D eigenvalue weighted by Crippen LogP contribution is 2.19. The Bertz CT molecular complexity index is 973. The number of methoxy groups -OCH3 is 1. The molecule has 0 saturated heterocycles. The largest absolute Gasteiger partial charge is 0.497 e. The zero-order valence-electron chi connectivity index (χ0n) is 14.3. The van der Waals surface area contributed by atoms with Crippen molar-refractivity contribution in [3.8, 4) is 5.75 Å². The molecular weight excluding hydrogens is 318 g/mol. The minimum absolute atomic E-state index is 0.00142. The lowest BCUT2D eigenvalue weighted by Gasteiger charge is -2.14. The van der Waals surface area contributed by atoms with Gasteiger partial charge < -0.3 is 14.5 Å². The Labute approximate surface area is 145 Å². The Kier molecular flexibility index (Phi) is 4.57. The third-order valence-corrected chi connectivity index (χ3v) is 4.10. The van der Waals surface area contributed by atoms with Crippen LogP contribution in [0.1, 0.15) is 34.5 Å². The molecule has 5 heteroatoms. The van der Waals surface area contributed by atoms with E-state index in [4.69, 9.17) is 9.15 Å². The van der Waals surface area contributed by atoms with Crippen molar-refractivity contribution in [2.45, 2.75) is 19.9 Å². The maximum absolute atomic E-state index is 12.5. The lowest BCUT2D eigenvalue weighted by atomic mass is 10.1. The topological polar surface area (TPSA) is 68.5 Å². The van der Waals surface area contributed by atoms with Crippen molar-refractivity contribution >= 4 is 16.9 Å². The summed E-state index contributed by atoms with van der Waals surface area (Å²) in [6.07, 6.45) is 0. The van der Waals surface area contributed by atoms with Crippen LogP contribution in [0, 0.1) is 6.92 Å². The van der Waals surface area contributed by atoms with Crippen molar-refractivity contribution in [2.24, 2.45) is 0 Å². The van der Waals surface area contributed by atoms with Crippen LogP contribution in [0.5, 0.6) is 5.75 Å². The van der Waals surface area contributed by atoms with E-state index in [-0.39, 0.29) is 11.6 Å². The van der Waals surface area contributed by atoms with Crippen LogP contribution in [0.3, 0.4) is 0 Å². The quantitative estimate of drug-likeness (QED) is 0.739. The second-order valence-electron chi connectivity index (χ2n) is 5.96. The molecule has 1 N–H and O–H groups in total. The predicted octanol–water partition coefficient (Wildman–Crippen LogP) is 3.60. The molecule has 3 rings (SSSR count). The van der Waals surface area contributed by atoms with Gasteiger partial charge in [-0.25, -0.2) is 4.79 Å². The molecule has 0 aliphatic heterocycles. The second-order valence-corrected chi connectivity index (χ2v) is 5.96. The smallest absolute Gasteiger partial charge is 0.349 e. The molecule has 128 valence electrons. The van der Waals surface area contributed by atoms with Crippen molar-refractivity contribution in [2.75, 3.05) is 7.11 Å². The molecule has 0 aliphatic rings. The molecule has 0 fully saturated rings. The van der Waals surface area contributed by atoms with E-state index in [1.807, 2.05) is 50.2 Å². The molecule has 2 aromatic carbocycles. The van der Waals surface area contributed by atoms with Gasteiger partial charge >= 0.3 is 5.63 Å². The number of fused-ring (bicyclic) bond motifs is 1. The summed E-state index contributed by atoms with van der Waals surface area (Å²) in [5.41, 5.74) is 1.76. The minimum Gasteiger partial charge on any atom is -0.497 e. The molecule has 5 nitrogen and oxygen atoms in total. The van der Waals surface area contributed by atoms with Crippen LogP contribution in [-0.2, 0) is 0 Å². The summed E-state index contributed by atoms with van der Waals surface area (Å²) in [4.78, 5) is 24.6. The van der Waals surface area contributed by atoms with Crippen LogP contribution in [0.25, 0.3) is 11.0 Å². The van der Waals surface area contributed by atoms with Crippen molar-refractivity contribution < 1.29 is 13.9 Å². The fourth-order valence-corrected chi connectivity index (χ4v) is 2.65. The van der Waals surface area contributed by atoms with E-state index in [1.54, 1.807) is 19.2 Å². The van der Waals surface area contributed by atoms with Gasteiger partial charge in [0.15, 0.2) is 0 Å². The first-order chi connectivity index (χ1) is 12.0. The number of nitrogens with one attached hydrogen (secondary N) is 1. The van der Waals surface area contributed by atoms with Crippen molar-refractivity contribution in [1.29, 1.82) is 0 Å². The van der Waals surface area contributed by atoms with E-state index in [0.717, 1.165) is 22.3 Å². The molecule has 0 bridgehead atoms. The lowest BCUT2D eigenvalue weighted by molar-refractivity contribution is 0.0936. The lowest BCUT2D eigenvalue weighted by Crippen LogP contribution is -2.30. The van der Waals surface area contributed by atoms with E-state index < -0.39 is 11.5 Å². The molecule has 0 spiro atoms. The summed E-state index contributed by atoms with van der Waals surface area (Å²) >= 11 is 0. The van der Waals surface area contributed by atoms with Crippen LogP contribution in [0.15, 0.2) is 57.7 Å². The second kappa shape index (κ2) is 6.81. The minimum atomic E-state index is -0.643. The Morgan fingerprint density at radius 3 is 2.52 bits per heavy atom. The van der Waals surface area contributed by atoms with Gasteiger partial charge in [-0.1, -0.05) is 23.8 Å². The number of aryl methyl sites for hydroxylation is 1. The fraction of sp³-hybridized carbons (Fsp3) is 0.200. The molecule has 0 radical (unpaired) electrons. The molecule has 1 heterocycles. The first-order valence-electron chi connectivity index (χ1n) is 7.97. The van der Waals surface area contributed by atoms with Gasteiger partial charge in [-0.2, -0.15) is 0 Å². The molecule has 1 aromatic heterocycles. The van der Waals surface area contributed by atoms with E-state index in [0.29, 0.717) is 5.58 Å². The van der Waals surface area contributed by atoms with Gasteiger partial charge in [0.25, 0.3) is 5.91 Å². The summed E-state index contributed by atoms with van der Waals surface area (Å²) < 4.78 is 10.4. The molecule has 0 aliphatic carbocycles. The standard InChI is InChI=1S/C20H19NO4/c1-12-4-9-18-15(10-12)11-17(20(23)25-18)19(22)21-13(2)14-5-7-16(24-3)8-6-14/h4-11,13H,1-3H3,(H,21,22)/t13-/m0/s1. The number of carbonyl (C=O) groups is 1. The van der Waals surface area contributed by atoms with Gasteiger partial charge in [0.1, 0.15) is 16.9 Å². The zero-order chi connectivity index (χ0) is 18.0. The number of benzene rings is 2. The molecule has 25 heavy (non-hydrogen) atoms. The first-order valence-corrected chi connectivity index (χ1v) is 7.97. The monoisotopic (exact) mass is 337 g/mol. The van der Waals surface area contributed by atoms with Crippen LogP contribution in [-0.4, -0.2) is 13.0 Å². The third kappa shape index (κ3) is 3.55. The Morgan fingerprint density at radius 1 is 1.12 bits per heavy atom. The van der Waals surface area contributed by atoms with Crippen LogP contribution < -0.4 is 15.7 Å². The highest BCUT2D eigenvalue weighted by Gasteiger charge is 2.17. The highest BCUT2D eigenvalue weighted by molar-refractivity contribution is 5.96. The van der Waals surface area contributed by atoms with E-state index in [2.05, 4.69) is 5.32 Å². The summed E-state index contributed by atoms with van der Waals surface area (Å²) in [5.74, 6) is 0.285. The van der Waals surface area contributed by atoms with Gasteiger partial charge in [-0.15, -0.1) is 0 Å². The summed E-state index contributed by atoms with van der Waals surface area (Å²) in [6.45, 7) is 3.79. The maximum Gasteiger partial charge on any atom is 0.349 e. The molecule has 3 aromatic rings. The van der Waals surface area contributed by atoms with Gasteiger partial charge in [-0.3, -0.25) is 4.79 Å². The van der Waals surface area contributed by atoms with E-state index in [9.17, 15) is 9.59 Å². The maximum atomic E-state index is 12.5. The summed E-state index contributed by atoms with van der Waals surface area (Å²) in [7, 11) is 1.60. The number of hydrogen-bond donors (Lipinski definition) is 1. The number of ether oxygens (including phenoxy) is 1.